The van der Waals surface area contributed by atoms with Crippen LogP contribution in [0.25, 0.3) is 11.0 Å². The molecule has 0 spiro atoms. The number of hydrogen-bond acceptors (Lipinski definition) is 4. The Bertz CT molecular complexity index is 844. The molecule has 3 rings (SSSR count). The zero-order valence-corrected chi connectivity index (χ0v) is 12.0. The number of sulfonamides is 1. The highest BCUT2D eigenvalue weighted by atomic mass is 32.2. The fourth-order valence-electron chi connectivity index (χ4n) is 2.04. The van der Waals surface area contributed by atoms with Gasteiger partial charge in [0.15, 0.2) is 0 Å². The molecular formula is C14H14N4O2S. The van der Waals surface area contributed by atoms with E-state index in [0.29, 0.717) is 0 Å². The molecule has 0 amide bonds. The van der Waals surface area contributed by atoms with Crippen molar-refractivity contribution in [3.63, 3.8) is 0 Å². The molecule has 1 aromatic heterocycles. The number of para-hydroxylation sites is 1. The van der Waals surface area contributed by atoms with Gasteiger partial charge in [0, 0.05) is 0 Å². The summed E-state index contributed by atoms with van der Waals surface area (Å²) in [6, 6.07) is 16.4. The van der Waals surface area contributed by atoms with Crippen molar-refractivity contribution in [1.29, 1.82) is 0 Å². The van der Waals surface area contributed by atoms with Gasteiger partial charge in [-0.05, 0) is 17.7 Å². The molecule has 0 atom stereocenters. The lowest BCUT2D eigenvalue weighted by Crippen LogP contribution is -2.28. The minimum atomic E-state index is -3.42. The first kappa shape index (κ1) is 13.7. The molecule has 0 radical (unpaired) electrons. The van der Waals surface area contributed by atoms with Gasteiger partial charge in [0.25, 0.3) is 0 Å². The lowest BCUT2D eigenvalue weighted by Gasteiger charge is -2.07. The van der Waals surface area contributed by atoms with Gasteiger partial charge in [0.05, 0.1) is 11.3 Å². The van der Waals surface area contributed by atoms with Gasteiger partial charge < -0.3 is 0 Å². The van der Waals surface area contributed by atoms with E-state index in [9.17, 15) is 8.42 Å². The van der Waals surface area contributed by atoms with Crippen molar-refractivity contribution in [1.82, 2.24) is 19.7 Å². The Morgan fingerprint density at radius 3 is 2.52 bits per heavy atom. The second-order valence-corrected chi connectivity index (χ2v) is 6.43. The smallest absolute Gasteiger partial charge is 0.217 e. The first-order chi connectivity index (χ1) is 10.1. The van der Waals surface area contributed by atoms with Crippen molar-refractivity contribution in [2.75, 3.05) is 0 Å². The molecule has 108 valence electrons. The molecule has 0 aliphatic rings. The maximum Gasteiger partial charge on any atom is 0.217 e. The minimum Gasteiger partial charge on any atom is -0.230 e. The molecule has 0 aliphatic heterocycles. The Labute approximate surface area is 122 Å². The maximum absolute atomic E-state index is 12.1. The van der Waals surface area contributed by atoms with E-state index in [1.54, 1.807) is 12.1 Å². The van der Waals surface area contributed by atoms with Crippen molar-refractivity contribution in [3.05, 3.63) is 60.2 Å². The monoisotopic (exact) mass is 302 g/mol. The van der Waals surface area contributed by atoms with Crippen LogP contribution in [-0.4, -0.2) is 23.4 Å². The Morgan fingerprint density at radius 2 is 1.71 bits per heavy atom. The molecule has 7 heteroatoms. The zero-order chi connectivity index (χ0) is 14.7. The summed E-state index contributed by atoms with van der Waals surface area (Å²) in [5.41, 5.74) is 2.27. The van der Waals surface area contributed by atoms with Gasteiger partial charge in [0.1, 0.15) is 12.2 Å². The second kappa shape index (κ2) is 5.63. The molecular weight excluding hydrogens is 288 g/mol. The van der Waals surface area contributed by atoms with E-state index in [4.69, 9.17) is 0 Å². The van der Waals surface area contributed by atoms with Crippen molar-refractivity contribution < 1.29 is 8.42 Å². The Morgan fingerprint density at radius 1 is 1.00 bits per heavy atom. The van der Waals surface area contributed by atoms with Gasteiger partial charge in [-0.2, -0.15) is 4.72 Å². The third kappa shape index (κ3) is 3.26. The van der Waals surface area contributed by atoms with Crippen molar-refractivity contribution in [2.45, 2.75) is 12.4 Å². The molecule has 0 unspecified atom stereocenters. The Balaban J connectivity index is 1.72. The van der Waals surface area contributed by atoms with E-state index in [1.165, 1.54) is 4.68 Å². The lowest BCUT2D eigenvalue weighted by molar-refractivity contribution is 0.541. The molecule has 0 saturated carbocycles. The topological polar surface area (TPSA) is 76.9 Å². The van der Waals surface area contributed by atoms with E-state index in [0.717, 1.165) is 16.6 Å². The van der Waals surface area contributed by atoms with E-state index >= 15 is 0 Å². The summed E-state index contributed by atoms with van der Waals surface area (Å²) in [5, 5.41) is 7.93. The number of hydrogen-bond donors (Lipinski definition) is 1. The normalized spacial score (nSPS) is 11.8. The molecule has 21 heavy (non-hydrogen) atoms. The van der Waals surface area contributed by atoms with Crippen molar-refractivity contribution >= 4 is 21.1 Å². The molecule has 6 nitrogen and oxygen atoms in total. The molecule has 1 N–H and O–H groups in total. The van der Waals surface area contributed by atoms with E-state index in [1.807, 2.05) is 42.5 Å². The fraction of sp³-hybridized carbons (Fsp3) is 0.143. The minimum absolute atomic E-state index is 0.0551. The standard InChI is InChI=1S/C14H14N4O2S/c19-21(20,10-12-6-2-1-3-7-12)15-11-18-14-9-5-4-8-13(14)16-17-18/h1-9,15H,10-11H2. The van der Waals surface area contributed by atoms with Crippen molar-refractivity contribution in [3.8, 4) is 0 Å². The zero-order valence-electron chi connectivity index (χ0n) is 11.2. The Kier molecular flexibility index (Phi) is 3.68. The largest absolute Gasteiger partial charge is 0.230 e. The summed E-state index contributed by atoms with van der Waals surface area (Å²) in [5.74, 6) is -0.0551. The van der Waals surface area contributed by atoms with Crippen LogP contribution >= 0.6 is 0 Å². The number of nitrogens with zero attached hydrogens (tertiary/aromatic N) is 3. The number of nitrogens with one attached hydrogen (secondary N) is 1. The van der Waals surface area contributed by atoms with Gasteiger partial charge in [-0.3, -0.25) is 0 Å². The van der Waals surface area contributed by atoms with Gasteiger partial charge in [0.2, 0.25) is 10.0 Å². The SMILES string of the molecule is O=S(=O)(Cc1ccccc1)NCn1nnc2ccccc21. The van der Waals surface area contributed by atoms with Crippen LogP contribution in [0.1, 0.15) is 5.56 Å². The van der Waals surface area contributed by atoms with Gasteiger partial charge >= 0.3 is 0 Å². The van der Waals surface area contributed by atoms with Crippen LogP contribution in [0.3, 0.4) is 0 Å². The first-order valence-electron chi connectivity index (χ1n) is 6.43. The lowest BCUT2D eigenvalue weighted by atomic mass is 10.2. The van der Waals surface area contributed by atoms with Crippen molar-refractivity contribution in [2.24, 2.45) is 0 Å². The molecule has 1 heterocycles. The predicted octanol–water partition coefficient (Wildman–Crippen LogP) is 1.51. The maximum atomic E-state index is 12.1. The number of aromatic nitrogens is 3. The molecule has 3 aromatic rings. The summed E-state index contributed by atoms with van der Waals surface area (Å²) >= 11 is 0. The van der Waals surface area contributed by atoms with E-state index in [-0.39, 0.29) is 12.4 Å². The number of rotatable bonds is 5. The predicted molar refractivity (Wildman–Crippen MR) is 79.7 cm³/mol. The highest BCUT2D eigenvalue weighted by Gasteiger charge is 2.12. The number of fused-ring (bicyclic) bond motifs is 1. The van der Waals surface area contributed by atoms with Crippen LogP contribution < -0.4 is 4.72 Å². The molecule has 0 bridgehead atoms. The van der Waals surface area contributed by atoms with Crippen LogP contribution in [0.4, 0.5) is 0 Å². The summed E-state index contributed by atoms with van der Waals surface area (Å²) in [7, 11) is -3.42. The first-order valence-corrected chi connectivity index (χ1v) is 8.09. The summed E-state index contributed by atoms with van der Waals surface area (Å²) in [6.45, 7) is 0.0652. The average molecular weight is 302 g/mol. The van der Waals surface area contributed by atoms with Crippen LogP contribution in [0, 0.1) is 0 Å². The molecule has 0 saturated heterocycles. The average Bonchev–Trinajstić information content (AvgIpc) is 2.89. The van der Waals surface area contributed by atoms with Crippen LogP contribution in [0.2, 0.25) is 0 Å². The van der Waals surface area contributed by atoms with Crippen LogP contribution in [0.5, 0.6) is 0 Å². The van der Waals surface area contributed by atoms with Gasteiger partial charge in [-0.25, -0.2) is 13.1 Å². The van der Waals surface area contributed by atoms with Crippen LogP contribution in [-0.2, 0) is 22.4 Å². The summed E-state index contributed by atoms with van der Waals surface area (Å²) < 4.78 is 28.2. The van der Waals surface area contributed by atoms with Gasteiger partial charge in [-0.15, -0.1) is 5.10 Å². The van der Waals surface area contributed by atoms with Crippen LogP contribution in [0.15, 0.2) is 54.6 Å². The second-order valence-electron chi connectivity index (χ2n) is 4.62. The molecule has 0 aliphatic carbocycles. The summed E-state index contributed by atoms with van der Waals surface area (Å²) in [4.78, 5) is 0. The Hall–Kier alpha value is -2.25. The fourth-order valence-corrected chi connectivity index (χ4v) is 3.09. The molecule has 0 fully saturated rings. The highest BCUT2D eigenvalue weighted by molar-refractivity contribution is 7.88. The highest BCUT2D eigenvalue weighted by Crippen LogP contribution is 2.09. The van der Waals surface area contributed by atoms with E-state index < -0.39 is 10.0 Å². The third-order valence-electron chi connectivity index (χ3n) is 3.05. The van der Waals surface area contributed by atoms with Gasteiger partial charge in [-0.1, -0.05) is 47.7 Å². The van der Waals surface area contributed by atoms with E-state index in [2.05, 4.69) is 15.0 Å². The number of benzene rings is 2. The third-order valence-corrected chi connectivity index (χ3v) is 4.34. The molecule has 2 aromatic carbocycles. The quantitative estimate of drug-likeness (QED) is 0.775. The summed E-state index contributed by atoms with van der Waals surface area (Å²) in [6.07, 6.45) is 0.